The quantitative estimate of drug-likeness (QED) is 0.436. The van der Waals surface area contributed by atoms with Gasteiger partial charge in [0.1, 0.15) is 6.54 Å². The lowest BCUT2D eigenvalue weighted by molar-refractivity contribution is -0.137. The van der Waals surface area contributed by atoms with Crippen molar-refractivity contribution in [2.45, 2.75) is 6.42 Å². The Morgan fingerprint density at radius 3 is 2.15 bits per heavy atom. The van der Waals surface area contributed by atoms with E-state index in [1.54, 1.807) is 0 Å². The molecule has 0 saturated carbocycles. The first kappa shape index (κ1) is 11.2. The minimum absolute atomic E-state index is 0.0270. The summed E-state index contributed by atoms with van der Waals surface area (Å²) in [6.07, 6.45) is -1.29. The highest BCUT2D eigenvalue weighted by Crippen LogP contribution is 1.76. The fraction of sp³-hybridized carbons (Fsp3) is 0.500. The molecular formula is C6H10N2O5. The van der Waals surface area contributed by atoms with Crippen molar-refractivity contribution in [3.8, 4) is 0 Å². The molecule has 7 nitrogen and oxygen atoms in total. The van der Waals surface area contributed by atoms with Crippen molar-refractivity contribution in [1.82, 2.24) is 10.6 Å². The first-order valence-corrected chi connectivity index (χ1v) is 3.47. The molecule has 0 fully saturated rings. The maximum Gasteiger partial charge on any atom is 0.404 e. The molecule has 4 N–H and O–H groups in total. The maximum atomic E-state index is 10.7. The van der Waals surface area contributed by atoms with Gasteiger partial charge in [0.15, 0.2) is 0 Å². The third-order valence-electron chi connectivity index (χ3n) is 1.07. The molecule has 13 heavy (non-hydrogen) atoms. The molecule has 0 radical (unpaired) electrons. The van der Waals surface area contributed by atoms with Gasteiger partial charge in [0.25, 0.3) is 0 Å². The second-order valence-corrected chi connectivity index (χ2v) is 2.15. The lowest BCUT2D eigenvalue weighted by Gasteiger charge is -2.01. The summed E-state index contributed by atoms with van der Waals surface area (Å²) < 4.78 is 0. The Kier molecular flexibility index (Phi) is 5.01. The number of aliphatic carboxylic acids is 1. The molecule has 0 aliphatic heterocycles. The van der Waals surface area contributed by atoms with E-state index in [1.807, 2.05) is 5.32 Å². The van der Waals surface area contributed by atoms with E-state index in [4.69, 9.17) is 10.2 Å². The SMILES string of the molecule is O=C(O)CNC(=O)CCNC(=O)O. The molecule has 0 atom stereocenters. The number of hydrogen-bond donors (Lipinski definition) is 4. The molecule has 0 saturated heterocycles. The summed E-state index contributed by atoms with van der Waals surface area (Å²) in [5.41, 5.74) is 0. The average Bonchev–Trinajstić information content (AvgIpc) is 2.00. The Morgan fingerprint density at radius 1 is 1.08 bits per heavy atom. The van der Waals surface area contributed by atoms with E-state index in [1.165, 1.54) is 0 Å². The van der Waals surface area contributed by atoms with Crippen molar-refractivity contribution in [1.29, 1.82) is 0 Å². The summed E-state index contributed by atoms with van der Waals surface area (Å²) in [4.78, 5) is 30.6. The number of nitrogens with one attached hydrogen (secondary N) is 2. The average molecular weight is 190 g/mol. The van der Waals surface area contributed by atoms with E-state index in [0.717, 1.165) is 0 Å². The van der Waals surface area contributed by atoms with E-state index in [0.29, 0.717) is 0 Å². The van der Waals surface area contributed by atoms with Crippen molar-refractivity contribution >= 4 is 18.0 Å². The molecule has 0 rings (SSSR count). The van der Waals surface area contributed by atoms with E-state index >= 15 is 0 Å². The van der Waals surface area contributed by atoms with Crippen LogP contribution in [0, 0.1) is 0 Å². The van der Waals surface area contributed by atoms with Crippen LogP contribution in [0.2, 0.25) is 0 Å². The lowest BCUT2D eigenvalue weighted by Crippen LogP contribution is -2.32. The molecule has 0 aliphatic rings. The van der Waals surface area contributed by atoms with Gasteiger partial charge in [-0.15, -0.1) is 0 Å². The summed E-state index contributed by atoms with van der Waals surface area (Å²) in [5, 5.41) is 20.3. The molecule has 0 spiro atoms. The van der Waals surface area contributed by atoms with E-state index in [9.17, 15) is 14.4 Å². The number of rotatable bonds is 5. The highest BCUT2D eigenvalue weighted by molar-refractivity contribution is 5.81. The molecule has 0 heterocycles. The predicted octanol–water partition coefficient (Wildman–Crippen LogP) is -1.16. The van der Waals surface area contributed by atoms with Crippen molar-refractivity contribution in [2.75, 3.05) is 13.1 Å². The molecule has 2 amide bonds. The molecule has 0 bridgehead atoms. The van der Waals surface area contributed by atoms with E-state index in [2.05, 4.69) is 5.32 Å². The van der Waals surface area contributed by atoms with Crippen molar-refractivity contribution in [3.63, 3.8) is 0 Å². The summed E-state index contributed by atoms with van der Waals surface area (Å²) in [6.45, 7) is -0.479. The Labute approximate surface area is 73.7 Å². The van der Waals surface area contributed by atoms with Crippen LogP contribution in [0.15, 0.2) is 0 Å². The summed E-state index contributed by atoms with van der Waals surface area (Å²) in [5.74, 6) is -1.64. The second-order valence-electron chi connectivity index (χ2n) is 2.15. The van der Waals surface area contributed by atoms with Gasteiger partial charge in [0, 0.05) is 13.0 Å². The molecule has 0 unspecified atom stereocenters. The minimum Gasteiger partial charge on any atom is -0.480 e. The predicted molar refractivity (Wildman–Crippen MR) is 41.3 cm³/mol. The number of hydrogen-bond acceptors (Lipinski definition) is 3. The highest BCUT2D eigenvalue weighted by Gasteiger charge is 2.03. The van der Waals surface area contributed by atoms with Crippen LogP contribution in [0.1, 0.15) is 6.42 Å². The second kappa shape index (κ2) is 5.81. The van der Waals surface area contributed by atoms with Crippen LogP contribution in [0.3, 0.4) is 0 Å². The Balaban J connectivity index is 3.41. The fourth-order valence-corrected chi connectivity index (χ4v) is 0.546. The van der Waals surface area contributed by atoms with Crippen LogP contribution in [-0.2, 0) is 9.59 Å². The van der Waals surface area contributed by atoms with E-state index < -0.39 is 24.5 Å². The zero-order valence-corrected chi connectivity index (χ0v) is 6.74. The molecule has 0 aromatic heterocycles. The monoisotopic (exact) mass is 190 g/mol. The summed E-state index contributed by atoms with van der Waals surface area (Å²) >= 11 is 0. The summed E-state index contributed by atoms with van der Waals surface area (Å²) in [6, 6.07) is 0. The molecular weight excluding hydrogens is 180 g/mol. The number of carboxylic acid groups (broad SMARTS) is 2. The molecule has 0 aromatic carbocycles. The highest BCUT2D eigenvalue weighted by atomic mass is 16.4. The number of carbonyl (C=O) groups is 3. The number of carbonyl (C=O) groups excluding carboxylic acids is 1. The van der Waals surface area contributed by atoms with Gasteiger partial charge in [-0.3, -0.25) is 9.59 Å². The van der Waals surface area contributed by atoms with Gasteiger partial charge < -0.3 is 20.8 Å². The van der Waals surface area contributed by atoms with Gasteiger partial charge in [-0.1, -0.05) is 0 Å². The minimum atomic E-state index is -1.22. The van der Waals surface area contributed by atoms with Crippen LogP contribution < -0.4 is 10.6 Å². The normalized spacial score (nSPS) is 8.92. The van der Waals surface area contributed by atoms with Gasteiger partial charge in [0.05, 0.1) is 0 Å². The van der Waals surface area contributed by atoms with Crippen LogP contribution in [0.25, 0.3) is 0 Å². The largest absolute Gasteiger partial charge is 0.480 e. The Bertz CT molecular complexity index is 215. The standard InChI is InChI=1S/C6H10N2O5/c9-4(8-3-5(10)11)1-2-7-6(12)13/h7H,1-3H2,(H,8,9)(H,10,11)(H,12,13). The van der Waals surface area contributed by atoms with Crippen LogP contribution in [-0.4, -0.2) is 41.3 Å². The van der Waals surface area contributed by atoms with Gasteiger partial charge in [0.2, 0.25) is 5.91 Å². The molecule has 74 valence electrons. The van der Waals surface area contributed by atoms with Gasteiger partial charge in [-0.05, 0) is 0 Å². The van der Waals surface area contributed by atoms with Crippen LogP contribution in [0.4, 0.5) is 4.79 Å². The van der Waals surface area contributed by atoms with Crippen molar-refractivity contribution in [2.24, 2.45) is 0 Å². The first-order chi connectivity index (χ1) is 6.02. The summed E-state index contributed by atoms with van der Waals surface area (Å²) in [7, 11) is 0. The van der Waals surface area contributed by atoms with Crippen molar-refractivity contribution < 1.29 is 24.6 Å². The molecule has 0 aromatic rings. The van der Waals surface area contributed by atoms with E-state index in [-0.39, 0.29) is 13.0 Å². The number of carboxylic acids is 1. The van der Waals surface area contributed by atoms with Crippen LogP contribution in [0.5, 0.6) is 0 Å². The van der Waals surface area contributed by atoms with Crippen molar-refractivity contribution in [3.05, 3.63) is 0 Å². The Hall–Kier alpha value is -1.79. The third-order valence-corrected chi connectivity index (χ3v) is 1.07. The fourth-order valence-electron chi connectivity index (χ4n) is 0.546. The molecule has 7 heteroatoms. The molecule has 0 aliphatic carbocycles. The smallest absolute Gasteiger partial charge is 0.404 e. The number of amides is 2. The lowest BCUT2D eigenvalue weighted by atomic mass is 10.4. The van der Waals surface area contributed by atoms with Gasteiger partial charge >= 0.3 is 12.1 Å². The van der Waals surface area contributed by atoms with Gasteiger partial charge in [-0.2, -0.15) is 0 Å². The Morgan fingerprint density at radius 2 is 1.69 bits per heavy atom. The topological polar surface area (TPSA) is 116 Å². The van der Waals surface area contributed by atoms with Crippen LogP contribution >= 0.6 is 0 Å². The third kappa shape index (κ3) is 8.11. The zero-order valence-electron chi connectivity index (χ0n) is 6.74. The van der Waals surface area contributed by atoms with Gasteiger partial charge in [-0.25, -0.2) is 4.79 Å². The maximum absolute atomic E-state index is 10.7. The first-order valence-electron chi connectivity index (χ1n) is 3.47. The zero-order chi connectivity index (χ0) is 10.3.